The largest absolute Gasteiger partial charge is 0.374 e. The first-order valence-electron chi connectivity index (χ1n) is 9.34. The van der Waals surface area contributed by atoms with Crippen molar-refractivity contribution in [3.8, 4) is 0 Å². The number of ether oxygens (including phenoxy) is 1. The Hall–Kier alpha value is -1.39. The number of hydrogen-bond donors (Lipinski definition) is 2. The molecule has 7 nitrogen and oxygen atoms in total. The molecule has 1 unspecified atom stereocenters. The van der Waals surface area contributed by atoms with E-state index in [1.54, 1.807) is 7.05 Å². The quantitative estimate of drug-likeness (QED) is 0.283. The molecule has 1 aliphatic heterocycles. The van der Waals surface area contributed by atoms with Crippen LogP contribution < -0.4 is 10.6 Å². The second-order valence-corrected chi connectivity index (χ2v) is 6.79. The van der Waals surface area contributed by atoms with Crippen LogP contribution in [0.5, 0.6) is 0 Å². The van der Waals surface area contributed by atoms with E-state index in [1.807, 2.05) is 6.07 Å². The average Bonchev–Trinajstić information content (AvgIpc) is 2.96. The molecule has 1 saturated heterocycles. The number of aromatic nitrogens is 2. The number of guanidine groups is 1. The molecule has 0 bridgehead atoms. The lowest BCUT2D eigenvalue weighted by molar-refractivity contribution is -0.0161. The van der Waals surface area contributed by atoms with Gasteiger partial charge in [-0.1, -0.05) is 12.1 Å². The van der Waals surface area contributed by atoms with Crippen molar-refractivity contribution >= 4 is 41.0 Å². The monoisotopic (exact) mass is 486 g/mol. The Balaban J connectivity index is 0.00000261. The Bertz CT molecular complexity index is 747. The van der Waals surface area contributed by atoms with E-state index in [-0.39, 0.29) is 30.1 Å². The zero-order valence-electron chi connectivity index (χ0n) is 16.4. The third-order valence-corrected chi connectivity index (χ3v) is 4.76. The van der Waals surface area contributed by atoms with E-state index in [1.165, 1.54) is 5.52 Å². The molecule has 1 aromatic carbocycles. The normalized spacial score (nSPS) is 18.3. The Morgan fingerprint density at radius 1 is 1.33 bits per heavy atom. The molecule has 1 aliphatic rings. The molecule has 0 radical (unpaired) electrons. The van der Waals surface area contributed by atoms with Gasteiger partial charge in [0, 0.05) is 39.8 Å². The summed E-state index contributed by atoms with van der Waals surface area (Å²) in [5.41, 5.74) is 2.26. The second-order valence-electron chi connectivity index (χ2n) is 6.79. The number of nitrogens with one attached hydrogen (secondary N) is 2. The summed E-state index contributed by atoms with van der Waals surface area (Å²) in [6.07, 6.45) is 1.22. The van der Waals surface area contributed by atoms with Gasteiger partial charge in [0.2, 0.25) is 0 Å². The van der Waals surface area contributed by atoms with Crippen LogP contribution in [0.4, 0.5) is 0 Å². The highest BCUT2D eigenvalue weighted by Crippen LogP contribution is 2.15. The molecular weight excluding hydrogens is 455 g/mol. The van der Waals surface area contributed by atoms with E-state index >= 15 is 0 Å². The number of morpholine rings is 1. The van der Waals surface area contributed by atoms with E-state index in [4.69, 9.17) is 4.74 Å². The van der Waals surface area contributed by atoms with Crippen molar-refractivity contribution in [2.45, 2.75) is 26.0 Å². The second kappa shape index (κ2) is 10.8. The molecule has 2 heterocycles. The van der Waals surface area contributed by atoms with Gasteiger partial charge in [-0.3, -0.25) is 4.99 Å². The molecule has 27 heavy (non-hydrogen) atoms. The molecule has 0 spiro atoms. The van der Waals surface area contributed by atoms with Crippen LogP contribution in [0.3, 0.4) is 0 Å². The van der Waals surface area contributed by atoms with Gasteiger partial charge in [0.25, 0.3) is 0 Å². The minimum Gasteiger partial charge on any atom is -0.374 e. The summed E-state index contributed by atoms with van der Waals surface area (Å²) < 4.78 is 8.05. The number of aliphatic imine (C=N–C) groups is 1. The van der Waals surface area contributed by atoms with E-state index in [0.29, 0.717) is 0 Å². The fourth-order valence-electron chi connectivity index (χ4n) is 3.34. The number of imidazole rings is 1. The highest BCUT2D eigenvalue weighted by molar-refractivity contribution is 14.0. The number of para-hydroxylation sites is 2. The summed E-state index contributed by atoms with van der Waals surface area (Å²) in [5.74, 6) is 1.89. The summed E-state index contributed by atoms with van der Waals surface area (Å²) >= 11 is 0. The van der Waals surface area contributed by atoms with Gasteiger partial charge in [0.15, 0.2) is 5.96 Å². The highest BCUT2D eigenvalue weighted by atomic mass is 127. The lowest BCUT2D eigenvalue weighted by Gasteiger charge is -2.30. The standard InChI is InChI=1S/C19H30N6O.HI/c1-15-23-17-7-4-5-8-18(17)25(15)10-6-9-21-19(20-2)22-13-16-14-24(3)11-12-26-16;/h4-5,7-8,16H,6,9-14H2,1-3H3,(H2,20,21,22);1H. The van der Waals surface area contributed by atoms with Crippen molar-refractivity contribution in [3.63, 3.8) is 0 Å². The van der Waals surface area contributed by atoms with Gasteiger partial charge < -0.3 is 24.8 Å². The summed E-state index contributed by atoms with van der Waals surface area (Å²) in [7, 11) is 3.93. The van der Waals surface area contributed by atoms with Crippen molar-refractivity contribution in [1.29, 1.82) is 0 Å². The number of halogens is 1. The number of nitrogens with zero attached hydrogens (tertiary/aromatic N) is 4. The summed E-state index contributed by atoms with van der Waals surface area (Å²) in [6, 6.07) is 8.29. The number of likely N-dealkylation sites (N-methyl/N-ethyl adjacent to an activating group) is 1. The van der Waals surface area contributed by atoms with Gasteiger partial charge in [0.1, 0.15) is 5.82 Å². The highest BCUT2D eigenvalue weighted by Gasteiger charge is 2.17. The molecule has 8 heteroatoms. The van der Waals surface area contributed by atoms with Crippen LogP contribution in [-0.2, 0) is 11.3 Å². The minimum absolute atomic E-state index is 0. The van der Waals surface area contributed by atoms with Crippen LogP contribution in [-0.4, -0.2) is 73.4 Å². The first-order valence-corrected chi connectivity index (χ1v) is 9.34. The molecule has 2 aromatic rings. The Labute approximate surface area is 178 Å². The molecule has 1 atom stereocenters. The van der Waals surface area contributed by atoms with Crippen LogP contribution in [0.2, 0.25) is 0 Å². The maximum Gasteiger partial charge on any atom is 0.191 e. The van der Waals surface area contributed by atoms with Crippen LogP contribution in [0.25, 0.3) is 11.0 Å². The summed E-state index contributed by atoms with van der Waals surface area (Å²) in [5, 5.41) is 6.75. The van der Waals surface area contributed by atoms with Gasteiger partial charge in [-0.2, -0.15) is 0 Å². The van der Waals surface area contributed by atoms with Gasteiger partial charge in [0.05, 0.1) is 23.7 Å². The topological polar surface area (TPSA) is 66.7 Å². The lowest BCUT2D eigenvalue weighted by atomic mass is 10.3. The zero-order valence-corrected chi connectivity index (χ0v) is 18.8. The number of aryl methyl sites for hydroxylation is 2. The molecule has 150 valence electrons. The first-order chi connectivity index (χ1) is 12.7. The first kappa shape index (κ1) is 21.9. The smallest absolute Gasteiger partial charge is 0.191 e. The number of rotatable bonds is 6. The zero-order chi connectivity index (χ0) is 18.4. The van der Waals surface area contributed by atoms with Crippen molar-refractivity contribution < 1.29 is 4.74 Å². The Kier molecular flexibility index (Phi) is 8.78. The predicted octanol–water partition coefficient (Wildman–Crippen LogP) is 1.85. The van der Waals surface area contributed by atoms with Crippen LogP contribution in [0, 0.1) is 6.92 Å². The Morgan fingerprint density at radius 3 is 2.93 bits per heavy atom. The molecule has 0 saturated carbocycles. The fraction of sp³-hybridized carbons (Fsp3) is 0.579. The van der Waals surface area contributed by atoms with Gasteiger partial charge in [-0.05, 0) is 32.5 Å². The maximum absolute atomic E-state index is 5.77. The fourth-order valence-corrected chi connectivity index (χ4v) is 3.34. The number of hydrogen-bond acceptors (Lipinski definition) is 4. The molecule has 1 fully saturated rings. The van der Waals surface area contributed by atoms with Crippen molar-refractivity contribution in [3.05, 3.63) is 30.1 Å². The van der Waals surface area contributed by atoms with Crippen molar-refractivity contribution in [2.75, 3.05) is 46.9 Å². The molecule has 3 rings (SSSR count). The van der Waals surface area contributed by atoms with Gasteiger partial charge in [-0.25, -0.2) is 4.98 Å². The third kappa shape index (κ3) is 6.05. The van der Waals surface area contributed by atoms with E-state index in [2.05, 4.69) is 62.2 Å². The summed E-state index contributed by atoms with van der Waals surface area (Å²) in [4.78, 5) is 11.2. The van der Waals surface area contributed by atoms with E-state index < -0.39 is 0 Å². The number of benzene rings is 1. The van der Waals surface area contributed by atoms with Crippen molar-refractivity contribution in [2.24, 2.45) is 4.99 Å². The van der Waals surface area contributed by atoms with Gasteiger partial charge in [-0.15, -0.1) is 24.0 Å². The van der Waals surface area contributed by atoms with Gasteiger partial charge >= 0.3 is 0 Å². The average molecular weight is 486 g/mol. The number of fused-ring (bicyclic) bond motifs is 1. The van der Waals surface area contributed by atoms with Crippen LogP contribution in [0.1, 0.15) is 12.2 Å². The molecular formula is C19H31IN6O. The van der Waals surface area contributed by atoms with Crippen LogP contribution >= 0.6 is 24.0 Å². The third-order valence-electron chi connectivity index (χ3n) is 4.76. The predicted molar refractivity (Wildman–Crippen MR) is 121 cm³/mol. The molecule has 0 amide bonds. The van der Waals surface area contributed by atoms with E-state index in [0.717, 1.165) is 63.1 Å². The lowest BCUT2D eigenvalue weighted by Crippen LogP contribution is -2.48. The molecule has 1 aromatic heterocycles. The van der Waals surface area contributed by atoms with Crippen molar-refractivity contribution in [1.82, 2.24) is 25.1 Å². The Morgan fingerprint density at radius 2 is 2.15 bits per heavy atom. The summed E-state index contributed by atoms with van der Waals surface area (Å²) in [6.45, 7) is 7.39. The maximum atomic E-state index is 5.77. The molecule has 2 N–H and O–H groups in total. The van der Waals surface area contributed by atoms with Crippen LogP contribution in [0.15, 0.2) is 29.3 Å². The molecule has 0 aliphatic carbocycles. The minimum atomic E-state index is 0. The SMILES string of the molecule is CN=C(NCCCn1c(C)nc2ccccc21)NCC1CN(C)CCO1.I. The van der Waals surface area contributed by atoms with E-state index in [9.17, 15) is 0 Å².